The quantitative estimate of drug-likeness (QED) is 0.827. The second kappa shape index (κ2) is 7.56. The predicted molar refractivity (Wildman–Crippen MR) is 108 cm³/mol. The number of nitrogens with one attached hydrogen (secondary N) is 1. The molecule has 1 aromatic heterocycles. The van der Waals surface area contributed by atoms with E-state index in [4.69, 9.17) is 4.74 Å². The van der Waals surface area contributed by atoms with E-state index >= 15 is 0 Å². The first-order valence-corrected chi connectivity index (χ1v) is 11.9. The van der Waals surface area contributed by atoms with Gasteiger partial charge in [0.2, 0.25) is 0 Å². The van der Waals surface area contributed by atoms with Crippen LogP contribution in [0.4, 0.5) is 0 Å². The van der Waals surface area contributed by atoms with Crippen LogP contribution in [0, 0.1) is 0 Å². The molecule has 2 unspecified atom stereocenters. The zero-order valence-corrected chi connectivity index (χ0v) is 16.7. The molecule has 1 saturated heterocycles. The van der Waals surface area contributed by atoms with E-state index in [9.17, 15) is 8.42 Å². The van der Waals surface area contributed by atoms with E-state index in [1.54, 1.807) is 18.3 Å². The lowest BCUT2D eigenvalue weighted by molar-refractivity contribution is 0.187. The number of aromatic nitrogens is 1. The molecule has 7 heteroatoms. The Kier molecular flexibility index (Phi) is 5.14. The van der Waals surface area contributed by atoms with Crippen LogP contribution in [0.1, 0.15) is 35.7 Å². The van der Waals surface area contributed by atoms with Crippen LogP contribution in [0.3, 0.4) is 0 Å². The van der Waals surface area contributed by atoms with Gasteiger partial charge in [-0.25, -0.2) is 8.42 Å². The average Bonchev–Trinajstić information content (AvgIpc) is 3.19. The van der Waals surface area contributed by atoms with Gasteiger partial charge in [-0.1, -0.05) is 18.2 Å². The Balaban J connectivity index is 1.59. The van der Waals surface area contributed by atoms with Crippen LogP contribution in [0.15, 0.2) is 53.4 Å². The highest BCUT2D eigenvalue weighted by atomic mass is 32.2. The number of thioether (sulfide) groups is 1. The summed E-state index contributed by atoms with van der Waals surface area (Å²) in [6.45, 7) is 0.686. The molecule has 4 rings (SSSR count). The fourth-order valence-corrected chi connectivity index (χ4v) is 5.19. The molecule has 142 valence electrons. The van der Waals surface area contributed by atoms with E-state index in [0.717, 1.165) is 16.8 Å². The van der Waals surface area contributed by atoms with Crippen molar-refractivity contribution in [2.45, 2.75) is 29.0 Å². The molecule has 0 spiro atoms. The zero-order chi connectivity index (χ0) is 18.9. The van der Waals surface area contributed by atoms with Crippen molar-refractivity contribution in [2.75, 3.05) is 18.6 Å². The summed E-state index contributed by atoms with van der Waals surface area (Å²) in [7, 11) is -3.21. The van der Waals surface area contributed by atoms with E-state index in [-0.39, 0.29) is 6.04 Å². The fraction of sp³-hybridized carbons (Fsp3) is 0.350. The third-order valence-electron chi connectivity index (χ3n) is 4.83. The topological polar surface area (TPSA) is 68.3 Å². The summed E-state index contributed by atoms with van der Waals surface area (Å²) < 4.78 is 29.5. The monoisotopic (exact) mass is 402 g/mol. The molecule has 2 aliphatic heterocycles. The molecule has 2 aliphatic rings. The van der Waals surface area contributed by atoms with Gasteiger partial charge in [0.05, 0.1) is 16.6 Å². The number of sulfone groups is 1. The lowest BCUT2D eigenvalue weighted by Gasteiger charge is -2.28. The molecule has 27 heavy (non-hydrogen) atoms. The number of nitrogens with zero attached hydrogens (tertiary/aromatic N) is 1. The van der Waals surface area contributed by atoms with Crippen molar-refractivity contribution in [3.05, 3.63) is 65.3 Å². The number of rotatable bonds is 5. The minimum Gasteiger partial charge on any atom is -0.478 e. The van der Waals surface area contributed by atoms with Crippen molar-refractivity contribution in [3.63, 3.8) is 0 Å². The standard InChI is InChI=1S/C20H22N2O3S2/c1-27(23,24)16-8-6-14(7-9-16)20-17-5-2-10-21-18(17)12-19(22-20)25-13-15-4-3-11-26-15/h2,5-10,12,15,20,22H,3-4,11,13H2,1H3. The first-order valence-electron chi connectivity index (χ1n) is 8.98. The molecule has 0 amide bonds. The Bertz CT molecular complexity index is 949. The van der Waals surface area contributed by atoms with Gasteiger partial charge in [0, 0.05) is 29.3 Å². The average molecular weight is 403 g/mol. The predicted octanol–water partition coefficient (Wildman–Crippen LogP) is 3.39. The Labute approximate surface area is 164 Å². The molecule has 2 atom stereocenters. The highest BCUT2D eigenvalue weighted by molar-refractivity contribution is 8.00. The first kappa shape index (κ1) is 18.4. The Morgan fingerprint density at radius 2 is 2.07 bits per heavy atom. The van der Waals surface area contributed by atoms with Crippen molar-refractivity contribution in [3.8, 4) is 0 Å². The second-order valence-corrected chi connectivity index (χ2v) is 10.3. The van der Waals surface area contributed by atoms with Crippen molar-refractivity contribution in [1.82, 2.24) is 10.3 Å². The molecule has 0 saturated carbocycles. The molecule has 1 N–H and O–H groups in total. The van der Waals surface area contributed by atoms with Gasteiger partial charge >= 0.3 is 0 Å². The normalized spacial score (nSPS) is 21.9. The van der Waals surface area contributed by atoms with Crippen LogP contribution < -0.4 is 5.32 Å². The summed E-state index contributed by atoms with van der Waals surface area (Å²) >= 11 is 1.97. The van der Waals surface area contributed by atoms with E-state index < -0.39 is 9.84 Å². The van der Waals surface area contributed by atoms with Crippen LogP contribution in [0.5, 0.6) is 0 Å². The number of hydrogen-bond acceptors (Lipinski definition) is 6. The van der Waals surface area contributed by atoms with Crippen LogP contribution in [-0.2, 0) is 14.6 Å². The zero-order valence-electron chi connectivity index (χ0n) is 15.1. The van der Waals surface area contributed by atoms with E-state index in [2.05, 4.69) is 10.3 Å². The maximum absolute atomic E-state index is 11.7. The molecule has 1 fully saturated rings. The van der Waals surface area contributed by atoms with Gasteiger partial charge in [0.15, 0.2) is 15.7 Å². The highest BCUT2D eigenvalue weighted by Gasteiger charge is 2.25. The molecule has 2 aromatic rings. The summed E-state index contributed by atoms with van der Waals surface area (Å²) in [6.07, 6.45) is 7.38. The minimum atomic E-state index is -3.21. The van der Waals surface area contributed by atoms with Crippen molar-refractivity contribution in [2.24, 2.45) is 0 Å². The molecular formula is C20H22N2O3S2. The summed E-state index contributed by atoms with van der Waals surface area (Å²) in [4.78, 5) is 4.80. The third-order valence-corrected chi connectivity index (χ3v) is 7.32. The van der Waals surface area contributed by atoms with Gasteiger partial charge in [0.1, 0.15) is 6.61 Å². The number of hydrogen-bond donors (Lipinski definition) is 1. The van der Waals surface area contributed by atoms with Gasteiger partial charge < -0.3 is 10.1 Å². The highest BCUT2D eigenvalue weighted by Crippen LogP contribution is 2.32. The Hall–Kier alpha value is -1.99. The maximum atomic E-state index is 11.7. The summed E-state index contributed by atoms with van der Waals surface area (Å²) in [5.74, 6) is 1.92. The van der Waals surface area contributed by atoms with Crippen LogP contribution in [0.25, 0.3) is 6.08 Å². The van der Waals surface area contributed by atoms with Crippen LogP contribution in [-0.4, -0.2) is 37.3 Å². The molecule has 3 heterocycles. The molecule has 1 aromatic carbocycles. The lowest BCUT2D eigenvalue weighted by Crippen LogP contribution is -2.28. The van der Waals surface area contributed by atoms with E-state index in [0.29, 0.717) is 22.6 Å². The fourth-order valence-electron chi connectivity index (χ4n) is 3.39. The minimum absolute atomic E-state index is 0.126. The van der Waals surface area contributed by atoms with Crippen molar-refractivity contribution >= 4 is 27.7 Å². The largest absolute Gasteiger partial charge is 0.478 e. The van der Waals surface area contributed by atoms with Crippen molar-refractivity contribution < 1.29 is 13.2 Å². The smallest absolute Gasteiger partial charge is 0.189 e. The Morgan fingerprint density at radius 3 is 2.78 bits per heavy atom. The molecule has 0 aliphatic carbocycles. The van der Waals surface area contributed by atoms with Gasteiger partial charge in [-0.15, -0.1) is 0 Å². The molecule has 0 bridgehead atoms. The van der Waals surface area contributed by atoms with E-state index in [1.165, 1.54) is 24.9 Å². The number of fused-ring (bicyclic) bond motifs is 1. The lowest BCUT2D eigenvalue weighted by atomic mass is 9.95. The molecular weight excluding hydrogens is 380 g/mol. The van der Waals surface area contributed by atoms with Gasteiger partial charge in [0.25, 0.3) is 0 Å². The van der Waals surface area contributed by atoms with Gasteiger partial charge in [-0.05, 0) is 42.4 Å². The second-order valence-electron chi connectivity index (χ2n) is 6.85. The Morgan fingerprint density at radius 1 is 1.26 bits per heavy atom. The summed E-state index contributed by atoms with van der Waals surface area (Å²) in [6, 6.07) is 10.8. The van der Waals surface area contributed by atoms with Crippen LogP contribution in [0.2, 0.25) is 0 Å². The molecule has 5 nitrogen and oxygen atoms in total. The first-order chi connectivity index (χ1) is 13.0. The van der Waals surface area contributed by atoms with Gasteiger partial charge in [-0.2, -0.15) is 11.8 Å². The molecule has 0 radical (unpaired) electrons. The summed E-state index contributed by atoms with van der Waals surface area (Å²) in [5.41, 5.74) is 2.90. The van der Waals surface area contributed by atoms with E-state index in [1.807, 2.05) is 42.1 Å². The maximum Gasteiger partial charge on any atom is 0.189 e. The van der Waals surface area contributed by atoms with Gasteiger partial charge in [-0.3, -0.25) is 4.98 Å². The third kappa shape index (κ3) is 4.14. The SMILES string of the molecule is CS(=O)(=O)c1ccc(C2NC(OCC3CCCS3)=Cc3ncccc32)cc1. The summed E-state index contributed by atoms with van der Waals surface area (Å²) in [5, 5.41) is 3.99. The number of ether oxygens (including phenoxy) is 1. The van der Waals surface area contributed by atoms with Crippen molar-refractivity contribution in [1.29, 1.82) is 0 Å². The number of pyridine rings is 1. The number of benzene rings is 1. The van der Waals surface area contributed by atoms with Crippen LogP contribution >= 0.6 is 11.8 Å².